The molecule has 0 bridgehead atoms. The molecule has 0 aliphatic heterocycles. The highest BCUT2D eigenvalue weighted by Gasteiger charge is 2.39. The second kappa shape index (κ2) is 6.58. The first kappa shape index (κ1) is 16.0. The van der Waals surface area contributed by atoms with Crippen molar-refractivity contribution >= 4 is 15.9 Å². The van der Waals surface area contributed by atoms with Gasteiger partial charge in [0.1, 0.15) is 0 Å². The molecule has 1 fully saturated rings. The third-order valence-corrected chi connectivity index (χ3v) is 5.64. The summed E-state index contributed by atoms with van der Waals surface area (Å²) in [5.41, 5.74) is 1.60. The number of halogens is 1. The van der Waals surface area contributed by atoms with Gasteiger partial charge in [0, 0.05) is 20.6 Å². The first-order valence-corrected chi connectivity index (χ1v) is 8.20. The zero-order valence-electron chi connectivity index (χ0n) is 12.7. The van der Waals surface area contributed by atoms with E-state index in [0.717, 1.165) is 41.5 Å². The Morgan fingerprint density at radius 2 is 1.95 bits per heavy atom. The Kier molecular flexibility index (Phi) is 5.26. The molecule has 0 spiro atoms. The van der Waals surface area contributed by atoms with E-state index in [1.807, 2.05) is 18.7 Å². The Morgan fingerprint density at radius 1 is 1.35 bits per heavy atom. The van der Waals surface area contributed by atoms with Crippen LogP contribution in [0.3, 0.4) is 0 Å². The fourth-order valence-corrected chi connectivity index (χ4v) is 3.77. The van der Waals surface area contributed by atoms with E-state index in [-0.39, 0.29) is 0 Å². The van der Waals surface area contributed by atoms with Gasteiger partial charge in [-0.3, -0.25) is 4.68 Å². The maximum atomic E-state index is 10.8. The predicted octanol–water partition coefficient (Wildman–Crippen LogP) is 3.13. The summed E-state index contributed by atoms with van der Waals surface area (Å²) in [6.07, 6.45) is 6.73. The van der Waals surface area contributed by atoms with Crippen molar-refractivity contribution in [2.45, 2.75) is 63.6 Å². The molecule has 1 aliphatic rings. The largest absolute Gasteiger partial charge is 0.390 e. The Morgan fingerprint density at radius 3 is 2.40 bits per heavy atom. The number of aliphatic hydroxyl groups is 1. The molecule has 0 saturated heterocycles. The van der Waals surface area contributed by atoms with Crippen molar-refractivity contribution in [1.82, 2.24) is 9.78 Å². The number of ether oxygens (including phenoxy) is 1. The standard InChI is InChI=1S/C15H25BrN2O2/c1-11-14(16)12(18(2)17-11)10-13(19)15(20-3)8-6-4-5-7-9-15/h13,19H,4-10H2,1-3H3. The Labute approximate surface area is 129 Å². The van der Waals surface area contributed by atoms with Gasteiger partial charge in [0.15, 0.2) is 0 Å². The molecule has 1 aromatic rings. The minimum Gasteiger partial charge on any atom is -0.390 e. The lowest BCUT2D eigenvalue weighted by Gasteiger charge is -2.36. The molecule has 0 amide bonds. The van der Waals surface area contributed by atoms with E-state index in [2.05, 4.69) is 21.0 Å². The molecule has 1 aromatic heterocycles. The van der Waals surface area contributed by atoms with E-state index in [1.165, 1.54) is 12.8 Å². The van der Waals surface area contributed by atoms with Crippen LogP contribution in [0.5, 0.6) is 0 Å². The normalized spacial score (nSPS) is 20.6. The van der Waals surface area contributed by atoms with E-state index in [4.69, 9.17) is 4.74 Å². The van der Waals surface area contributed by atoms with Crippen molar-refractivity contribution in [3.63, 3.8) is 0 Å². The molecule has 0 radical (unpaired) electrons. The zero-order valence-corrected chi connectivity index (χ0v) is 14.2. The van der Waals surface area contributed by atoms with Crippen LogP contribution in [-0.4, -0.2) is 33.7 Å². The van der Waals surface area contributed by atoms with E-state index < -0.39 is 11.7 Å². The second-order valence-corrected chi connectivity index (χ2v) is 6.67. The average molecular weight is 345 g/mol. The van der Waals surface area contributed by atoms with Crippen LogP contribution in [0.4, 0.5) is 0 Å². The minimum atomic E-state index is -0.489. The lowest BCUT2D eigenvalue weighted by atomic mass is 9.85. The number of aryl methyl sites for hydroxylation is 2. The molecule has 20 heavy (non-hydrogen) atoms. The number of methoxy groups -OCH3 is 1. The van der Waals surface area contributed by atoms with Crippen molar-refractivity contribution in [3.05, 3.63) is 15.9 Å². The lowest BCUT2D eigenvalue weighted by molar-refractivity contribution is -0.111. The van der Waals surface area contributed by atoms with Crippen LogP contribution in [-0.2, 0) is 18.2 Å². The van der Waals surface area contributed by atoms with Gasteiger partial charge in [0.2, 0.25) is 0 Å². The maximum absolute atomic E-state index is 10.8. The summed E-state index contributed by atoms with van der Waals surface area (Å²) in [5, 5.41) is 15.2. The molecule has 1 saturated carbocycles. The molecule has 5 heteroatoms. The van der Waals surface area contributed by atoms with Crippen LogP contribution >= 0.6 is 15.9 Å². The fraction of sp³-hybridized carbons (Fsp3) is 0.800. The van der Waals surface area contributed by atoms with Crippen molar-refractivity contribution in [2.24, 2.45) is 7.05 Å². The first-order valence-electron chi connectivity index (χ1n) is 7.41. The lowest BCUT2D eigenvalue weighted by Crippen LogP contribution is -2.45. The number of nitrogens with zero attached hydrogens (tertiary/aromatic N) is 2. The summed E-state index contributed by atoms with van der Waals surface area (Å²) in [6, 6.07) is 0. The summed E-state index contributed by atoms with van der Waals surface area (Å²) < 4.78 is 8.63. The van der Waals surface area contributed by atoms with Gasteiger partial charge < -0.3 is 9.84 Å². The van der Waals surface area contributed by atoms with Gasteiger partial charge in [-0.05, 0) is 35.7 Å². The monoisotopic (exact) mass is 344 g/mol. The van der Waals surface area contributed by atoms with Crippen LogP contribution in [0.15, 0.2) is 4.47 Å². The highest BCUT2D eigenvalue weighted by Crippen LogP contribution is 2.35. The third kappa shape index (κ3) is 3.10. The molecule has 1 N–H and O–H groups in total. The summed E-state index contributed by atoms with van der Waals surface area (Å²) in [7, 11) is 3.66. The summed E-state index contributed by atoms with van der Waals surface area (Å²) in [6.45, 7) is 1.97. The van der Waals surface area contributed by atoms with Crippen LogP contribution in [0, 0.1) is 6.92 Å². The molecule has 0 aromatic carbocycles. The highest BCUT2D eigenvalue weighted by molar-refractivity contribution is 9.10. The number of aromatic nitrogens is 2. The smallest absolute Gasteiger partial charge is 0.0940 e. The molecule has 4 nitrogen and oxygen atoms in total. The van der Waals surface area contributed by atoms with Crippen LogP contribution in [0.2, 0.25) is 0 Å². The summed E-state index contributed by atoms with van der Waals surface area (Å²) >= 11 is 3.57. The van der Waals surface area contributed by atoms with Crippen molar-refractivity contribution in [2.75, 3.05) is 7.11 Å². The molecule has 1 atom stereocenters. The van der Waals surface area contributed by atoms with Gasteiger partial charge >= 0.3 is 0 Å². The molecule has 1 aliphatic carbocycles. The zero-order chi connectivity index (χ0) is 14.8. The number of hydrogen-bond acceptors (Lipinski definition) is 3. The molecule has 114 valence electrons. The molecule has 1 unspecified atom stereocenters. The highest BCUT2D eigenvalue weighted by atomic mass is 79.9. The maximum Gasteiger partial charge on any atom is 0.0940 e. The Bertz CT molecular complexity index is 451. The van der Waals surface area contributed by atoms with Crippen LogP contribution in [0.25, 0.3) is 0 Å². The molecule has 2 rings (SSSR count). The number of hydrogen-bond donors (Lipinski definition) is 1. The Hall–Kier alpha value is -0.390. The predicted molar refractivity (Wildman–Crippen MR) is 82.8 cm³/mol. The van der Waals surface area contributed by atoms with Gasteiger partial charge in [0.05, 0.1) is 27.6 Å². The van der Waals surface area contributed by atoms with Gasteiger partial charge in [0.25, 0.3) is 0 Å². The topological polar surface area (TPSA) is 47.3 Å². The minimum absolute atomic E-state index is 0.395. The van der Waals surface area contributed by atoms with E-state index >= 15 is 0 Å². The Balaban J connectivity index is 2.18. The van der Waals surface area contributed by atoms with Crippen molar-refractivity contribution in [1.29, 1.82) is 0 Å². The quantitative estimate of drug-likeness (QED) is 0.853. The van der Waals surface area contributed by atoms with E-state index in [0.29, 0.717) is 6.42 Å². The van der Waals surface area contributed by atoms with Crippen molar-refractivity contribution in [3.8, 4) is 0 Å². The van der Waals surface area contributed by atoms with Crippen LogP contribution < -0.4 is 0 Å². The van der Waals surface area contributed by atoms with Crippen LogP contribution in [0.1, 0.15) is 49.9 Å². The third-order valence-electron chi connectivity index (χ3n) is 4.61. The SMILES string of the molecule is COC1(C(O)Cc2c(Br)c(C)nn2C)CCCCCC1. The van der Waals surface area contributed by atoms with Crippen molar-refractivity contribution < 1.29 is 9.84 Å². The first-order chi connectivity index (χ1) is 9.50. The van der Waals surface area contributed by atoms with Gasteiger partial charge in [-0.1, -0.05) is 25.7 Å². The van der Waals surface area contributed by atoms with Gasteiger partial charge in [-0.2, -0.15) is 5.10 Å². The number of aliphatic hydroxyl groups excluding tert-OH is 1. The fourth-order valence-electron chi connectivity index (χ4n) is 3.27. The molecular formula is C15H25BrN2O2. The average Bonchev–Trinajstić information content (AvgIpc) is 2.66. The molecular weight excluding hydrogens is 320 g/mol. The summed E-state index contributed by atoms with van der Waals surface area (Å²) in [4.78, 5) is 0. The molecule has 1 heterocycles. The van der Waals surface area contributed by atoms with Gasteiger partial charge in [-0.15, -0.1) is 0 Å². The summed E-state index contributed by atoms with van der Waals surface area (Å²) in [5.74, 6) is 0. The van der Waals surface area contributed by atoms with Gasteiger partial charge in [-0.25, -0.2) is 0 Å². The van der Waals surface area contributed by atoms with E-state index in [9.17, 15) is 5.11 Å². The van der Waals surface area contributed by atoms with E-state index in [1.54, 1.807) is 7.11 Å². The number of rotatable bonds is 4. The second-order valence-electron chi connectivity index (χ2n) is 5.87.